The lowest BCUT2D eigenvalue weighted by atomic mass is 9.93. The van der Waals surface area contributed by atoms with Crippen LogP contribution in [0.4, 0.5) is 5.69 Å². The first-order chi connectivity index (χ1) is 10.5. The quantitative estimate of drug-likeness (QED) is 0.794. The largest absolute Gasteiger partial charge is 0.489 e. The van der Waals surface area contributed by atoms with Crippen molar-refractivity contribution in [1.82, 2.24) is 0 Å². The predicted octanol–water partition coefficient (Wildman–Crippen LogP) is 3.87. The van der Waals surface area contributed by atoms with Crippen molar-refractivity contribution in [3.05, 3.63) is 34.4 Å². The highest BCUT2D eigenvalue weighted by atomic mass is 35.5. The molecule has 2 aliphatic rings. The van der Waals surface area contributed by atoms with E-state index in [-0.39, 0.29) is 17.9 Å². The molecular formula is C17H18ClNO3. The van der Waals surface area contributed by atoms with Gasteiger partial charge in [-0.2, -0.15) is 0 Å². The van der Waals surface area contributed by atoms with Gasteiger partial charge >= 0.3 is 0 Å². The van der Waals surface area contributed by atoms with E-state index >= 15 is 0 Å². The molecule has 0 aromatic heterocycles. The SMILES string of the molecule is CC(C)Oc1cc(N2C(=O)C3=C(CCCC3)C2=O)ccc1Cl. The van der Waals surface area contributed by atoms with Crippen LogP contribution in [0, 0.1) is 0 Å². The molecule has 0 radical (unpaired) electrons. The Balaban J connectivity index is 1.95. The van der Waals surface area contributed by atoms with Crippen LogP contribution in [0.2, 0.25) is 5.02 Å². The topological polar surface area (TPSA) is 46.6 Å². The summed E-state index contributed by atoms with van der Waals surface area (Å²) < 4.78 is 5.64. The fourth-order valence-electron chi connectivity index (χ4n) is 2.95. The van der Waals surface area contributed by atoms with Gasteiger partial charge in [-0.15, -0.1) is 0 Å². The number of amides is 2. The maximum absolute atomic E-state index is 12.5. The molecule has 1 heterocycles. The van der Waals surface area contributed by atoms with Crippen molar-refractivity contribution in [2.75, 3.05) is 4.90 Å². The fraction of sp³-hybridized carbons (Fsp3) is 0.412. The van der Waals surface area contributed by atoms with Gasteiger partial charge < -0.3 is 4.74 Å². The molecule has 1 aromatic carbocycles. The Kier molecular flexibility index (Phi) is 3.96. The van der Waals surface area contributed by atoms with Gasteiger partial charge in [-0.05, 0) is 51.7 Å². The number of benzene rings is 1. The summed E-state index contributed by atoms with van der Waals surface area (Å²) in [6.45, 7) is 3.80. The van der Waals surface area contributed by atoms with Crippen LogP contribution in [0.1, 0.15) is 39.5 Å². The normalized spacial score (nSPS) is 18.3. The second-order valence-corrected chi connectivity index (χ2v) is 6.30. The van der Waals surface area contributed by atoms with Crippen LogP contribution >= 0.6 is 11.6 Å². The van der Waals surface area contributed by atoms with Crippen LogP contribution in [-0.2, 0) is 9.59 Å². The summed E-state index contributed by atoms with van der Waals surface area (Å²) >= 11 is 6.12. The molecule has 2 amide bonds. The zero-order chi connectivity index (χ0) is 15.9. The van der Waals surface area contributed by atoms with Gasteiger partial charge in [-0.25, -0.2) is 4.90 Å². The lowest BCUT2D eigenvalue weighted by Crippen LogP contribution is -2.31. The van der Waals surface area contributed by atoms with Crippen molar-refractivity contribution in [2.45, 2.75) is 45.6 Å². The Bertz CT molecular complexity index is 650. The van der Waals surface area contributed by atoms with Gasteiger partial charge in [0.25, 0.3) is 11.8 Å². The van der Waals surface area contributed by atoms with E-state index in [1.807, 2.05) is 13.8 Å². The van der Waals surface area contributed by atoms with Gasteiger partial charge in [-0.1, -0.05) is 11.6 Å². The van der Waals surface area contributed by atoms with Gasteiger partial charge in [0.15, 0.2) is 0 Å². The molecule has 1 aromatic rings. The predicted molar refractivity (Wildman–Crippen MR) is 85.2 cm³/mol. The smallest absolute Gasteiger partial charge is 0.261 e. The molecule has 0 fully saturated rings. The molecule has 0 spiro atoms. The van der Waals surface area contributed by atoms with Gasteiger partial charge in [0.05, 0.1) is 16.8 Å². The zero-order valence-electron chi connectivity index (χ0n) is 12.7. The van der Waals surface area contributed by atoms with Crippen molar-refractivity contribution >= 4 is 29.1 Å². The molecule has 0 unspecified atom stereocenters. The van der Waals surface area contributed by atoms with E-state index in [4.69, 9.17) is 16.3 Å². The molecule has 3 rings (SSSR count). The lowest BCUT2D eigenvalue weighted by Gasteiger charge is -2.18. The summed E-state index contributed by atoms with van der Waals surface area (Å²) in [5.74, 6) is 0.0923. The molecule has 0 saturated heterocycles. The van der Waals surface area contributed by atoms with Crippen LogP contribution < -0.4 is 9.64 Å². The molecule has 1 aliphatic carbocycles. The van der Waals surface area contributed by atoms with Gasteiger partial charge in [0, 0.05) is 17.2 Å². The molecule has 116 valence electrons. The number of nitrogens with zero attached hydrogens (tertiary/aromatic N) is 1. The van der Waals surface area contributed by atoms with E-state index in [0.29, 0.717) is 40.4 Å². The molecule has 0 atom stereocenters. The lowest BCUT2D eigenvalue weighted by molar-refractivity contribution is -0.120. The Hall–Kier alpha value is -1.81. The third-order valence-electron chi connectivity index (χ3n) is 3.93. The Morgan fingerprint density at radius 1 is 1.09 bits per heavy atom. The molecular weight excluding hydrogens is 302 g/mol. The number of imide groups is 1. The van der Waals surface area contributed by atoms with Crippen molar-refractivity contribution < 1.29 is 14.3 Å². The van der Waals surface area contributed by atoms with E-state index in [0.717, 1.165) is 12.8 Å². The number of halogens is 1. The molecule has 5 heteroatoms. The van der Waals surface area contributed by atoms with Gasteiger partial charge in [-0.3, -0.25) is 9.59 Å². The van der Waals surface area contributed by atoms with E-state index < -0.39 is 0 Å². The van der Waals surface area contributed by atoms with Crippen LogP contribution in [0.3, 0.4) is 0 Å². The summed E-state index contributed by atoms with van der Waals surface area (Å²) in [5.41, 5.74) is 1.87. The van der Waals surface area contributed by atoms with E-state index in [2.05, 4.69) is 0 Å². The summed E-state index contributed by atoms with van der Waals surface area (Å²) in [4.78, 5) is 26.3. The van der Waals surface area contributed by atoms with Crippen LogP contribution in [0.15, 0.2) is 29.3 Å². The molecule has 22 heavy (non-hydrogen) atoms. The summed E-state index contributed by atoms with van der Waals surface area (Å²) in [7, 11) is 0. The zero-order valence-corrected chi connectivity index (χ0v) is 13.4. The summed E-state index contributed by atoms with van der Waals surface area (Å²) in [5, 5.41) is 0.467. The third-order valence-corrected chi connectivity index (χ3v) is 4.24. The number of carbonyl (C=O) groups excluding carboxylic acids is 2. The maximum atomic E-state index is 12.5. The second kappa shape index (κ2) is 5.76. The van der Waals surface area contributed by atoms with E-state index in [1.165, 1.54) is 4.90 Å². The minimum absolute atomic E-state index is 0.0379. The number of carbonyl (C=O) groups is 2. The maximum Gasteiger partial charge on any atom is 0.261 e. The monoisotopic (exact) mass is 319 g/mol. The third kappa shape index (κ3) is 2.52. The van der Waals surface area contributed by atoms with Crippen LogP contribution in [-0.4, -0.2) is 17.9 Å². The van der Waals surface area contributed by atoms with Crippen LogP contribution in [0.5, 0.6) is 5.75 Å². The van der Waals surface area contributed by atoms with Gasteiger partial charge in [0.1, 0.15) is 5.75 Å². The minimum Gasteiger partial charge on any atom is -0.489 e. The number of ether oxygens (including phenoxy) is 1. The fourth-order valence-corrected chi connectivity index (χ4v) is 3.11. The minimum atomic E-state index is -0.197. The van der Waals surface area contributed by atoms with Crippen molar-refractivity contribution in [1.29, 1.82) is 0 Å². The molecule has 4 nitrogen and oxygen atoms in total. The molecule has 0 bridgehead atoms. The second-order valence-electron chi connectivity index (χ2n) is 5.89. The van der Waals surface area contributed by atoms with Crippen molar-refractivity contribution in [3.63, 3.8) is 0 Å². The standard InChI is InChI=1S/C17H18ClNO3/c1-10(2)22-15-9-11(7-8-14(15)18)19-16(20)12-5-3-4-6-13(12)17(19)21/h7-10H,3-6H2,1-2H3. The average Bonchev–Trinajstić information content (AvgIpc) is 2.74. The first-order valence-corrected chi connectivity index (χ1v) is 7.94. The van der Waals surface area contributed by atoms with Crippen molar-refractivity contribution in [2.24, 2.45) is 0 Å². The first-order valence-electron chi connectivity index (χ1n) is 7.56. The molecule has 0 saturated carbocycles. The Morgan fingerprint density at radius 3 is 2.23 bits per heavy atom. The number of anilines is 1. The van der Waals surface area contributed by atoms with E-state index in [9.17, 15) is 9.59 Å². The number of hydrogen-bond donors (Lipinski definition) is 0. The highest BCUT2D eigenvalue weighted by molar-refractivity contribution is 6.34. The number of rotatable bonds is 3. The van der Waals surface area contributed by atoms with E-state index in [1.54, 1.807) is 18.2 Å². The molecule has 0 N–H and O–H groups in total. The highest BCUT2D eigenvalue weighted by Gasteiger charge is 2.39. The van der Waals surface area contributed by atoms with Crippen LogP contribution in [0.25, 0.3) is 0 Å². The average molecular weight is 320 g/mol. The Labute approximate surface area is 134 Å². The molecule has 1 aliphatic heterocycles. The Morgan fingerprint density at radius 2 is 1.68 bits per heavy atom. The first kappa shape index (κ1) is 15.1. The summed E-state index contributed by atoms with van der Waals surface area (Å²) in [6, 6.07) is 5.01. The summed E-state index contributed by atoms with van der Waals surface area (Å²) in [6.07, 6.45) is 3.28. The van der Waals surface area contributed by atoms with Gasteiger partial charge in [0.2, 0.25) is 0 Å². The number of hydrogen-bond acceptors (Lipinski definition) is 3. The van der Waals surface area contributed by atoms with Crippen molar-refractivity contribution in [3.8, 4) is 5.75 Å². The highest BCUT2D eigenvalue weighted by Crippen LogP contribution is 2.38.